The van der Waals surface area contributed by atoms with Crippen LogP contribution >= 0.6 is 0 Å². The van der Waals surface area contributed by atoms with Gasteiger partial charge in [0.2, 0.25) is 11.7 Å². The monoisotopic (exact) mass is 288 g/mol. The van der Waals surface area contributed by atoms with Crippen LogP contribution in [0.4, 0.5) is 0 Å². The number of hydrogen-bond donors (Lipinski definition) is 1. The lowest BCUT2D eigenvalue weighted by Gasteiger charge is -2.14. The zero-order valence-corrected chi connectivity index (χ0v) is 12.4. The second-order valence-corrected chi connectivity index (χ2v) is 5.38. The Hall–Kier alpha value is -1.79. The van der Waals surface area contributed by atoms with Gasteiger partial charge in [-0.1, -0.05) is 12.1 Å². The highest BCUT2D eigenvalue weighted by molar-refractivity contribution is 5.49. The Labute approximate surface area is 123 Å². The van der Waals surface area contributed by atoms with Crippen molar-refractivity contribution in [2.45, 2.75) is 32.2 Å². The lowest BCUT2D eigenvalue weighted by atomic mass is 10.0. The van der Waals surface area contributed by atoms with Gasteiger partial charge in [0.25, 0.3) is 0 Å². The van der Waals surface area contributed by atoms with E-state index in [-0.39, 0.29) is 12.0 Å². The SMILES string of the molecule is CCCNC1COCC1c1nc(-c2cc(C)ccn2)no1. The summed E-state index contributed by atoms with van der Waals surface area (Å²) in [6.45, 7) is 6.42. The van der Waals surface area contributed by atoms with Crippen molar-refractivity contribution in [3.8, 4) is 11.5 Å². The maximum Gasteiger partial charge on any atom is 0.234 e. The molecule has 1 aliphatic rings. The van der Waals surface area contributed by atoms with E-state index in [9.17, 15) is 0 Å². The predicted molar refractivity (Wildman–Crippen MR) is 77.9 cm³/mol. The van der Waals surface area contributed by atoms with Gasteiger partial charge in [-0.15, -0.1) is 0 Å². The summed E-state index contributed by atoms with van der Waals surface area (Å²) in [4.78, 5) is 8.79. The summed E-state index contributed by atoms with van der Waals surface area (Å²) < 4.78 is 11.0. The van der Waals surface area contributed by atoms with Crippen molar-refractivity contribution in [3.63, 3.8) is 0 Å². The first-order valence-electron chi connectivity index (χ1n) is 7.35. The van der Waals surface area contributed by atoms with Crippen LogP contribution in [0.2, 0.25) is 0 Å². The molecule has 6 nitrogen and oxygen atoms in total. The average molecular weight is 288 g/mol. The topological polar surface area (TPSA) is 73.1 Å². The second-order valence-electron chi connectivity index (χ2n) is 5.38. The van der Waals surface area contributed by atoms with Gasteiger partial charge in [0.1, 0.15) is 5.69 Å². The minimum absolute atomic E-state index is 0.114. The molecule has 3 rings (SSSR count). The molecule has 1 N–H and O–H groups in total. The molecule has 2 aromatic heterocycles. The molecular formula is C15H20N4O2. The van der Waals surface area contributed by atoms with Crippen LogP contribution < -0.4 is 5.32 Å². The molecule has 0 bridgehead atoms. The van der Waals surface area contributed by atoms with Crippen LogP contribution in [0.1, 0.15) is 30.7 Å². The Morgan fingerprint density at radius 2 is 2.29 bits per heavy atom. The number of hydrogen-bond acceptors (Lipinski definition) is 6. The van der Waals surface area contributed by atoms with Gasteiger partial charge in [0, 0.05) is 12.2 Å². The Bertz CT molecular complexity index is 599. The van der Waals surface area contributed by atoms with E-state index in [2.05, 4.69) is 27.4 Å². The smallest absolute Gasteiger partial charge is 0.234 e. The van der Waals surface area contributed by atoms with Crippen LogP contribution in [0.15, 0.2) is 22.9 Å². The molecule has 6 heteroatoms. The Balaban J connectivity index is 1.78. The molecule has 0 saturated carbocycles. The quantitative estimate of drug-likeness (QED) is 0.906. The molecule has 1 saturated heterocycles. The summed E-state index contributed by atoms with van der Waals surface area (Å²) in [6.07, 6.45) is 2.84. The van der Waals surface area contributed by atoms with E-state index in [1.54, 1.807) is 6.20 Å². The first-order chi connectivity index (χ1) is 10.3. The van der Waals surface area contributed by atoms with Crippen molar-refractivity contribution in [1.29, 1.82) is 0 Å². The fraction of sp³-hybridized carbons (Fsp3) is 0.533. The largest absolute Gasteiger partial charge is 0.379 e. The summed E-state index contributed by atoms with van der Waals surface area (Å²) in [7, 11) is 0. The van der Waals surface area contributed by atoms with Gasteiger partial charge in [0.15, 0.2) is 0 Å². The maximum atomic E-state index is 5.55. The van der Waals surface area contributed by atoms with E-state index < -0.39 is 0 Å². The highest BCUT2D eigenvalue weighted by Crippen LogP contribution is 2.26. The number of aromatic nitrogens is 3. The second kappa shape index (κ2) is 6.32. The van der Waals surface area contributed by atoms with Gasteiger partial charge in [0.05, 0.1) is 19.1 Å². The van der Waals surface area contributed by atoms with Crippen LogP contribution in [0, 0.1) is 6.92 Å². The van der Waals surface area contributed by atoms with Crippen LogP contribution in [0.3, 0.4) is 0 Å². The molecular weight excluding hydrogens is 268 g/mol. The van der Waals surface area contributed by atoms with Crippen molar-refractivity contribution in [1.82, 2.24) is 20.4 Å². The van der Waals surface area contributed by atoms with Gasteiger partial charge in [-0.05, 0) is 37.6 Å². The molecule has 21 heavy (non-hydrogen) atoms. The van der Waals surface area contributed by atoms with Crippen molar-refractivity contribution in [2.24, 2.45) is 0 Å². The Morgan fingerprint density at radius 3 is 3.10 bits per heavy atom. The molecule has 2 atom stereocenters. The van der Waals surface area contributed by atoms with E-state index in [0.717, 1.165) is 24.2 Å². The summed E-state index contributed by atoms with van der Waals surface area (Å²) in [5, 5.41) is 7.52. The molecule has 0 aromatic carbocycles. The standard InChI is InChI=1S/C15H20N4O2/c1-3-5-16-13-9-20-8-11(13)15-18-14(19-21-15)12-7-10(2)4-6-17-12/h4,6-7,11,13,16H,3,5,8-9H2,1-2H3. The van der Waals surface area contributed by atoms with Crippen molar-refractivity contribution < 1.29 is 9.26 Å². The summed E-state index contributed by atoms with van der Waals surface area (Å²) in [6, 6.07) is 4.13. The van der Waals surface area contributed by atoms with Gasteiger partial charge >= 0.3 is 0 Å². The van der Waals surface area contributed by atoms with Gasteiger partial charge in [-0.2, -0.15) is 4.98 Å². The Kier molecular flexibility index (Phi) is 4.26. The Morgan fingerprint density at radius 1 is 1.38 bits per heavy atom. The number of rotatable bonds is 5. The molecule has 1 fully saturated rings. The molecule has 1 aliphatic heterocycles. The summed E-state index contributed by atoms with van der Waals surface area (Å²) in [5.41, 5.74) is 1.86. The molecule has 0 amide bonds. The van der Waals surface area contributed by atoms with Crippen molar-refractivity contribution in [2.75, 3.05) is 19.8 Å². The average Bonchev–Trinajstić information content (AvgIpc) is 3.13. The zero-order chi connectivity index (χ0) is 14.7. The van der Waals surface area contributed by atoms with Crippen LogP contribution in [-0.4, -0.2) is 40.9 Å². The number of ether oxygens (including phenoxy) is 1. The fourth-order valence-electron chi connectivity index (χ4n) is 2.48. The van der Waals surface area contributed by atoms with E-state index >= 15 is 0 Å². The first kappa shape index (κ1) is 14.2. The van der Waals surface area contributed by atoms with Gasteiger partial charge < -0.3 is 14.6 Å². The molecule has 3 heterocycles. The van der Waals surface area contributed by atoms with Gasteiger partial charge in [-0.3, -0.25) is 4.98 Å². The molecule has 0 aliphatic carbocycles. The minimum atomic E-state index is 0.114. The zero-order valence-electron chi connectivity index (χ0n) is 12.4. The highest BCUT2D eigenvalue weighted by atomic mass is 16.5. The van der Waals surface area contributed by atoms with E-state index in [0.29, 0.717) is 24.9 Å². The van der Waals surface area contributed by atoms with E-state index in [1.807, 2.05) is 19.1 Å². The number of aryl methyl sites for hydroxylation is 1. The van der Waals surface area contributed by atoms with E-state index in [4.69, 9.17) is 9.26 Å². The molecule has 112 valence electrons. The molecule has 2 unspecified atom stereocenters. The summed E-state index contributed by atoms with van der Waals surface area (Å²) >= 11 is 0. The van der Waals surface area contributed by atoms with Crippen LogP contribution in [0.25, 0.3) is 11.5 Å². The minimum Gasteiger partial charge on any atom is -0.379 e. The fourth-order valence-corrected chi connectivity index (χ4v) is 2.48. The maximum absolute atomic E-state index is 5.55. The number of nitrogens with zero attached hydrogens (tertiary/aromatic N) is 3. The van der Waals surface area contributed by atoms with Gasteiger partial charge in [-0.25, -0.2) is 0 Å². The van der Waals surface area contributed by atoms with Crippen molar-refractivity contribution >= 4 is 0 Å². The molecule has 0 radical (unpaired) electrons. The first-order valence-corrected chi connectivity index (χ1v) is 7.35. The highest BCUT2D eigenvalue weighted by Gasteiger charge is 2.33. The molecule has 0 spiro atoms. The van der Waals surface area contributed by atoms with E-state index in [1.165, 1.54) is 0 Å². The molecule has 2 aromatic rings. The normalized spacial score (nSPS) is 21.8. The lowest BCUT2D eigenvalue weighted by molar-refractivity contribution is 0.184. The van der Waals surface area contributed by atoms with Crippen molar-refractivity contribution in [3.05, 3.63) is 29.8 Å². The third-order valence-corrected chi connectivity index (χ3v) is 3.64. The van der Waals surface area contributed by atoms with Crippen LogP contribution in [0.5, 0.6) is 0 Å². The summed E-state index contributed by atoms with van der Waals surface area (Å²) in [5.74, 6) is 1.27. The number of pyridine rings is 1. The number of nitrogens with one attached hydrogen (secondary N) is 1. The third kappa shape index (κ3) is 3.11. The third-order valence-electron chi connectivity index (χ3n) is 3.64. The lowest BCUT2D eigenvalue weighted by Crippen LogP contribution is -2.34. The predicted octanol–water partition coefficient (Wildman–Crippen LogP) is 1.92. The van der Waals surface area contributed by atoms with Crippen LogP contribution in [-0.2, 0) is 4.74 Å².